The molecule has 2 rings (SSSR count). The van der Waals surface area contributed by atoms with Crippen molar-refractivity contribution in [1.29, 1.82) is 0 Å². The summed E-state index contributed by atoms with van der Waals surface area (Å²) in [7, 11) is 0. The molecule has 0 aromatic rings. The predicted octanol–water partition coefficient (Wildman–Crippen LogP) is 4.13. The summed E-state index contributed by atoms with van der Waals surface area (Å²) in [5.74, 6) is 1.05. The Morgan fingerprint density at radius 1 is 1.19 bits per heavy atom. The zero-order valence-corrected chi connectivity index (χ0v) is 11.2. The van der Waals surface area contributed by atoms with Gasteiger partial charge in [-0.15, -0.1) is 0 Å². The van der Waals surface area contributed by atoms with E-state index in [9.17, 15) is 0 Å². The Hall–Kier alpha value is -0.0400. The van der Waals surface area contributed by atoms with Crippen molar-refractivity contribution in [2.24, 2.45) is 11.3 Å². The second-order valence-electron chi connectivity index (χ2n) is 6.38. The first-order valence-electron chi connectivity index (χ1n) is 7.47. The molecule has 0 bridgehead atoms. The van der Waals surface area contributed by atoms with E-state index >= 15 is 0 Å². The second kappa shape index (κ2) is 5.53. The molecule has 0 aromatic heterocycles. The summed E-state index contributed by atoms with van der Waals surface area (Å²) in [6.07, 6.45) is 13.1. The maximum Gasteiger partial charge on any atom is 0.00415 e. The van der Waals surface area contributed by atoms with E-state index in [1.165, 1.54) is 64.3 Å². The van der Waals surface area contributed by atoms with Gasteiger partial charge in [-0.25, -0.2) is 0 Å². The molecule has 16 heavy (non-hydrogen) atoms. The zero-order valence-electron chi connectivity index (χ0n) is 11.2. The molecule has 2 aliphatic rings. The van der Waals surface area contributed by atoms with Gasteiger partial charge in [0.15, 0.2) is 0 Å². The van der Waals surface area contributed by atoms with Crippen molar-refractivity contribution < 1.29 is 0 Å². The van der Waals surface area contributed by atoms with Gasteiger partial charge in [-0.1, -0.05) is 39.0 Å². The van der Waals surface area contributed by atoms with Gasteiger partial charge in [0.2, 0.25) is 0 Å². The topological polar surface area (TPSA) is 12.0 Å². The monoisotopic (exact) mass is 223 g/mol. The van der Waals surface area contributed by atoms with E-state index in [-0.39, 0.29) is 0 Å². The summed E-state index contributed by atoms with van der Waals surface area (Å²) >= 11 is 0. The smallest absolute Gasteiger partial charge is 0.00415 e. The maximum atomic E-state index is 3.82. The van der Waals surface area contributed by atoms with E-state index in [4.69, 9.17) is 0 Å². The van der Waals surface area contributed by atoms with E-state index in [0.717, 1.165) is 12.0 Å². The third-order valence-corrected chi connectivity index (χ3v) is 5.15. The average Bonchev–Trinajstić information content (AvgIpc) is 2.70. The lowest BCUT2D eigenvalue weighted by atomic mass is 9.80. The van der Waals surface area contributed by atoms with Crippen LogP contribution in [0.4, 0.5) is 0 Å². The van der Waals surface area contributed by atoms with E-state index in [0.29, 0.717) is 5.41 Å². The number of rotatable bonds is 6. The second-order valence-corrected chi connectivity index (χ2v) is 6.38. The fourth-order valence-corrected chi connectivity index (χ4v) is 3.48. The molecule has 0 aromatic carbocycles. The van der Waals surface area contributed by atoms with Crippen molar-refractivity contribution in [2.45, 2.75) is 77.7 Å². The fraction of sp³-hybridized carbons (Fsp3) is 1.00. The first-order chi connectivity index (χ1) is 7.74. The Morgan fingerprint density at radius 3 is 2.38 bits per heavy atom. The number of hydrogen-bond acceptors (Lipinski definition) is 1. The van der Waals surface area contributed by atoms with Crippen molar-refractivity contribution in [1.82, 2.24) is 5.32 Å². The third-order valence-electron chi connectivity index (χ3n) is 5.15. The van der Waals surface area contributed by atoms with Crippen molar-refractivity contribution >= 4 is 0 Å². The van der Waals surface area contributed by atoms with Crippen molar-refractivity contribution in [3.63, 3.8) is 0 Å². The molecule has 0 radical (unpaired) electrons. The van der Waals surface area contributed by atoms with Crippen LogP contribution in [-0.4, -0.2) is 12.6 Å². The molecule has 0 amide bonds. The maximum absolute atomic E-state index is 3.82. The Bertz CT molecular complexity index is 201. The molecule has 0 heterocycles. The Labute approximate surface area is 101 Å². The number of nitrogens with one attached hydrogen (secondary N) is 1. The molecule has 0 aliphatic heterocycles. The molecule has 2 saturated carbocycles. The molecule has 94 valence electrons. The minimum atomic E-state index is 0.661. The minimum absolute atomic E-state index is 0.661. The van der Waals surface area contributed by atoms with Crippen LogP contribution in [0, 0.1) is 11.3 Å². The summed E-state index contributed by atoms with van der Waals surface area (Å²) in [6, 6.07) is 0.745. The number of hydrogen-bond donors (Lipinski definition) is 1. The van der Waals surface area contributed by atoms with Crippen molar-refractivity contribution in [3.05, 3.63) is 0 Å². The molecule has 1 atom stereocenters. The van der Waals surface area contributed by atoms with Gasteiger partial charge in [0, 0.05) is 12.6 Å². The van der Waals surface area contributed by atoms with Gasteiger partial charge in [0.25, 0.3) is 0 Å². The molecule has 2 aliphatic carbocycles. The van der Waals surface area contributed by atoms with Crippen LogP contribution >= 0.6 is 0 Å². The summed E-state index contributed by atoms with van der Waals surface area (Å²) in [5.41, 5.74) is 0.661. The highest BCUT2D eigenvalue weighted by Gasteiger charge is 2.32. The molecule has 0 spiro atoms. The lowest BCUT2D eigenvalue weighted by molar-refractivity contribution is 0.226. The highest BCUT2D eigenvalue weighted by Crippen LogP contribution is 2.40. The summed E-state index contributed by atoms with van der Waals surface area (Å²) in [4.78, 5) is 0. The highest BCUT2D eigenvalue weighted by molar-refractivity contribution is 4.86. The van der Waals surface area contributed by atoms with Gasteiger partial charge in [-0.2, -0.15) is 0 Å². The van der Waals surface area contributed by atoms with Crippen LogP contribution < -0.4 is 5.32 Å². The van der Waals surface area contributed by atoms with Gasteiger partial charge in [-0.3, -0.25) is 0 Å². The summed E-state index contributed by atoms with van der Waals surface area (Å²) in [5, 5.41) is 3.82. The standard InChI is InChI=1S/C15H29N/c1-3-15(9-4-5-10-15)12-16-13(2)11-14-7-6-8-14/h13-14,16H,3-12H2,1-2H3. The van der Waals surface area contributed by atoms with Gasteiger partial charge in [-0.05, 0) is 43.9 Å². The Morgan fingerprint density at radius 2 is 1.88 bits per heavy atom. The van der Waals surface area contributed by atoms with Crippen LogP contribution in [0.2, 0.25) is 0 Å². The Kier molecular flexibility index (Phi) is 4.29. The average molecular weight is 223 g/mol. The van der Waals surface area contributed by atoms with Gasteiger partial charge >= 0.3 is 0 Å². The van der Waals surface area contributed by atoms with E-state index in [1.54, 1.807) is 0 Å². The largest absolute Gasteiger partial charge is 0.314 e. The lowest BCUT2D eigenvalue weighted by Gasteiger charge is -2.32. The zero-order chi connectivity index (χ0) is 11.4. The molecule has 0 saturated heterocycles. The third kappa shape index (κ3) is 3.00. The minimum Gasteiger partial charge on any atom is -0.314 e. The molecule has 1 nitrogen and oxygen atoms in total. The van der Waals surface area contributed by atoms with E-state index < -0.39 is 0 Å². The van der Waals surface area contributed by atoms with Crippen LogP contribution in [-0.2, 0) is 0 Å². The van der Waals surface area contributed by atoms with E-state index in [2.05, 4.69) is 19.2 Å². The molecule has 1 heteroatoms. The van der Waals surface area contributed by atoms with E-state index in [1.807, 2.05) is 0 Å². The molecule has 1 unspecified atom stereocenters. The van der Waals surface area contributed by atoms with Gasteiger partial charge in [0.05, 0.1) is 0 Å². The van der Waals surface area contributed by atoms with Crippen molar-refractivity contribution in [2.75, 3.05) is 6.54 Å². The lowest BCUT2D eigenvalue weighted by Crippen LogP contribution is -2.38. The Balaban J connectivity index is 1.68. The van der Waals surface area contributed by atoms with Crippen LogP contribution in [0.1, 0.15) is 71.6 Å². The molecular formula is C15H29N. The normalized spacial score (nSPS) is 26.6. The summed E-state index contributed by atoms with van der Waals surface area (Å²) in [6.45, 7) is 6.04. The molecular weight excluding hydrogens is 194 g/mol. The molecule has 2 fully saturated rings. The SMILES string of the molecule is CCC1(CNC(C)CC2CCC2)CCCC1. The predicted molar refractivity (Wildman–Crippen MR) is 70.6 cm³/mol. The van der Waals surface area contributed by atoms with Crippen molar-refractivity contribution in [3.8, 4) is 0 Å². The molecule has 1 N–H and O–H groups in total. The van der Waals surface area contributed by atoms with Crippen LogP contribution in [0.15, 0.2) is 0 Å². The van der Waals surface area contributed by atoms with Gasteiger partial charge in [0.1, 0.15) is 0 Å². The fourth-order valence-electron chi connectivity index (χ4n) is 3.48. The first-order valence-corrected chi connectivity index (χ1v) is 7.47. The van der Waals surface area contributed by atoms with Crippen LogP contribution in [0.5, 0.6) is 0 Å². The van der Waals surface area contributed by atoms with Gasteiger partial charge < -0.3 is 5.32 Å². The van der Waals surface area contributed by atoms with Crippen LogP contribution in [0.3, 0.4) is 0 Å². The summed E-state index contributed by atoms with van der Waals surface area (Å²) < 4.78 is 0. The first kappa shape index (κ1) is 12.4. The van der Waals surface area contributed by atoms with Crippen LogP contribution in [0.25, 0.3) is 0 Å². The highest BCUT2D eigenvalue weighted by atomic mass is 14.9. The quantitative estimate of drug-likeness (QED) is 0.714.